The number of rotatable bonds is 3. The standard InChI is InChI=1S/C13H16FNO2/c1-9(12-7-4-8-17-12)15-13(16)10-5-2-3-6-11(10)14/h2-3,5-6,9,12H,4,7-8H2,1H3,(H,15,16)/t9-,12+/m0/s1. The molecule has 3 nitrogen and oxygen atoms in total. The van der Waals surface area contributed by atoms with E-state index in [9.17, 15) is 9.18 Å². The number of hydrogen-bond donors (Lipinski definition) is 1. The van der Waals surface area contributed by atoms with E-state index in [0.717, 1.165) is 19.4 Å². The number of benzene rings is 1. The predicted octanol–water partition coefficient (Wildman–Crippen LogP) is 2.12. The molecule has 1 amide bonds. The van der Waals surface area contributed by atoms with Crippen molar-refractivity contribution < 1.29 is 13.9 Å². The lowest BCUT2D eigenvalue weighted by Gasteiger charge is -2.20. The fourth-order valence-corrected chi connectivity index (χ4v) is 2.02. The van der Waals surface area contributed by atoms with Gasteiger partial charge < -0.3 is 10.1 Å². The summed E-state index contributed by atoms with van der Waals surface area (Å²) in [5.41, 5.74) is 0.0809. The molecule has 0 bridgehead atoms. The summed E-state index contributed by atoms with van der Waals surface area (Å²) in [5, 5.41) is 2.78. The Kier molecular flexibility index (Phi) is 3.74. The summed E-state index contributed by atoms with van der Waals surface area (Å²) in [5.74, 6) is -0.879. The van der Waals surface area contributed by atoms with Crippen LogP contribution in [0.3, 0.4) is 0 Å². The van der Waals surface area contributed by atoms with E-state index in [0.29, 0.717) is 0 Å². The topological polar surface area (TPSA) is 38.3 Å². The minimum atomic E-state index is -0.496. The maximum absolute atomic E-state index is 13.4. The first-order valence-corrected chi connectivity index (χ1v) is 5.85. The molecule has 1 aromatic rings. The minimum absolute atomic E-state index is 0.0470. The molecule has 17 heavy (non-hydrogen) atoms. The third kappa shape index (κ3) is 2.82. The Labute approximate surface area is 100.0 Å². The lowest BCUT2D eigenvalue weighted by atomic mass is 10.1. The fraction of sp³-hybridized carbons (Fsp3) is 0.462. The molecule has 0 spiro atoms. The number of ether oxygens (including phenoxy) is 1. The number of carbonyl (C=O) groups is 1. The summed E-state index contributed by atoms with van der Waals surface area (Å²) in [6, 6.07) is 5.88. The Morgan fingerprint density at radius 3 is 2.94 bits per heavy atom. The average Bonchev–Trinajstić information content (AvgIpc) is 2.82. The highest BCUT2D eigenvalue weighted by Gasteiger charge is 2.24. The number of nitrogens with one attached hydrogen (secondary N) is 1. The van der Waals surface area contributed by atoms with E-state index in [2.05, 4.69) is 5.32 Å². The molecule has 2 rings (SSSR count). The smallest absolute Gasteiger partial charge is 0.254 e. The molecule has 1 aliphatic rings. The fourth-order valence-electron chi connectivity index (χ4n) is 2.02. The van der Waals surface area contributed by atoms with Crippen molar-refractivity contribution in [2.75, 3.05) is 6.61 Å². The second kappa shape index (κ2) is 5.27. The zero-order valence-corrected chi connectivity index (χ0v) is 9.78. The van der Waals surface area contributed by atoms with Crippen molar-refractivity contribution in [3.05, 3.63) is 35.6 Å². The third-order valence-corrected chi connectivity index (χ3v) is 3.00. The molecule has 1 heterocycles. The molecule has 0 saturated carbocycles. The Morgan fingerprint density at radius 1 is 1.53 bits per heavy atom. The van der Waals surface area contributed by atoms with Crippen molar-refractivity contribution in [3.63, 3.8) is 0 Å². The highest BCUT2D eigenvalue weighted by atomic mass is 19.1. The van der Waals surface area contributed by atoms with Crippen LogP contribution < -0.4 is 5.32 Å². The summed E-state index contributed by atoms with van der Waals surface area (Å²) in [7, 11) is 0. The molecule has 1 aromatic carbocycles. The molecule has 92 valence electrons. The van der Waals surface area contributed by atoms with Gasteiger partial charge in [0.15, 0.2) is 0 Å². The molecular weight excluding hydrogens is 221 g/mol. The summed E-state index contributed by atoms with van der Waals surface area (Å²) in [6.07, 6.45) is 2.01. The number of hydrogen-bond acceptors (Lipinski definition) is 2. The van der Waals surface area contributed by atoms with Crippen molar-refractivity contribution in [3.8, 4) is 0 Å². The molecule has 4 heteroatoms. The van der Waals surface area contributed by atoms with Gasteiger partial charge in [0.2, 0.25) is 0 Å². The summed E-state index contributed by atoms with van der Waals surface area (Å²) in [6.45, 7) is 2.62. The number of halogens is 1. The Morgan fingerprint density at radius 2 is 2.29 bits per heavy atom. The van der Waals surface area contributed by atoms with Crippen LogP contribution in [0.2, 0.25) is 0 Å². The van der Waals surface area contributed by atoms with Gasteiger partial charge in [0.25, 0.3) is 5.91 Å². The Balaban J connectivity index is 1.99. The van der Waals surface area contributed by atoms with E-state index in [1.54, 1.807) is 12.1 Å². The van der Waals surface area contributed by atoms with Crippen LogP contribution in [-0.4, -0.2) is 24.7 Å². The SMILES string of the molecule is C[C@H](NC(=O)c1ccccc1F)[C@H]1CCCO1. The average molecular weight is 237 g/mol. The van der Waals surface area contributed by atoms with Crippen LogP contribution in [0, 0.1) is 5.82 Å². The first-order chi connectivity index (χ1) is 8.18. The van der Waals surface area contributed by atoms with E-state index in [4.69, 9.17) is 4.74 Å². The monoisotopic (exact) mass is 237 g/mol. The lowest BCUT2D eigenvalue weighted by molar-refractivity contribution is 0.0710. The predicted molar refractivity (Wildman–Crippen MR) is 62.3 cm³/mol. The van der Waals surface area contributed by atoms with Gasteiger partial charge in [-0.15, -0.1) is 0 Å². The van der Waals surface area contributed by atoms with Crippen LogP contribution in [0.4, 0.5) is 4.39 Å². The van der Waals surface area contributed by atoms with Crippen molar-refractivity contribution >= 4 is 5.91 Å². The van der Waals surface area contributed by atoms with Gasteiger partial charge >= 0.3 is 0 Å². The highest BCUT2D eigenvalue weighted by molar-refractivity contribution is 5.94. The zero-order chi connectivity index (χ0) is 12.3. The molecule has 2 atom stereocenters. The number of carbonyl (C=O) groups excluding carboxylic acids is 1. The molecule has 1 aliphatic heterocycles. The van der Waals surface area contributed by atoms with Gasteiger partial charge in [-0.2, -0.15) is 0 Å². The third-order valence-electron chi connectivity index (χ3n) is 3.00. The van der Waals surface area contributed by atoms with Gasteiger partial charge in [-0.25, -0.2) is 4.39 Å². The highest BCUT2D eigenvalue weighted by Crippen LogP contribution is 2.16. The van der Waals surface area contributed by atoms with Crippen LogP contribution in [-0.2, 0) is 4.74 Å². The van der Waals surface area contributed by atoms with Gasteiger partial charge in [0, 0.05) is 6.61 Å². The van der Waals surface area contributed by atoms with Crippen LogP contribution in [0.1, 0.15) is 30.1 Å². The summed E-state index contributed by atoms with van der Waals surface area (Å²) >= 11 is 0. The quantitative estimate of drug-likeness (QED) is 0.874. The molecular formula is C13H16FNO2. The zero-order valence-electron chi connectivity index (χ0n) is 9.78. The van der Waals surface area contributed by atoms with E-state index in [1.807, 2.05) is 6.92 Å². The van der Waals surface area contributed by atoms with E-state index in [-0.39, 0.29) is 23.6 Å². The lowest BCUT2D eigenvalue weighted by Crippen LogP contribution is -2.41. The summed E-state index contributed by atoms with van der Waals surface area (Å²) < 4.78 is 18.8. The Bertz CT molecular complexity index is 402. The van der Waals surface area contributed by atoms with E-state index < -0.39 is 5.82 Å². The maximum atomic E-state index is 13.4. The maximum Gasteiger partial charge on any atom is 0.254 e. The molecule has 1 N–H and O–H groups in total. The Hall–Kier alpha value is -1.42. The largest absolute Gasteiger partial charge is 0.376 e. The first-order valence-electron chi connectivity index (χ1n) is 5.85. The molecule has 1 saturated heterocycles. The number of amides is 1. The van der Waals surface area contributed by atoms with Gasteiger partial charge in [-0.05, 0) is 31.9 Å². The van der Waals surface area contributed by atoms with Crippen LogP contribution in [0.5, 0.6) is 0 Å². The van der Waals surface area contributed by atoms with Crippen molar-refractivity contribution in [1.82, 2.24) is 5.32 Å². The van der Waals surface area contributed by atoms with Crippen LogP contribution in [0.25, 0.3) is 0 Å². The minimum Gasteiger partial charge on any atom is -0.376 e. The summed E-state index contributed by atoms with van der Waals surface area (Å²) in [4.78, 5) is 11.8. The van der Waals surface area contributed by atoms with Crippen LogP contribution >= 0.6 is 0 Å². The van der Waals surface area contributed by atoms with E-state index in [1.165, 1.54) is 12.1 Å². The van der Waals surface area contributed by atoms with Crippen molar-refractivity contribution in [2.24, 2.45) is 0 Å². The molecule has 0 radical (unpaired) electrons. The van der Waals surface area contributed by atoms with Crippen molar-refractivity contribution in [1.29, 1.82) is 0 Å². The molecule has 0 unspecified atom stereocenters. The van der Waals surface area contributed by atoms with Gasteiger partial charge in [-0.3, -0.25) is 4.79 Å². The van der Waals surface area contributed by atoms with E-state index >= 15 is 0 Å². The first kappa shape index (κ1) is 12.0. The molecule has 0 aliphatic carbocycles. The van der Waals surface area contributed by atoms with Gasteiger partial charge in [0.1, 0.15) is 5.82 Å². The molecule has 1 fully saturated rings. The van der Waals surface area contributed by atoms with Gasteiger partial charge in [0.05, 0.1) is 17.7 Å². The van der Waals surface area contributed by atoms with Gasteiger partial charge in [-0.1, -0.05) is 12.1 Å². The van der Waals surface area contributed by atoms with Crippen molar-refractivity contribution in [2.45, 2.75) is 31.9 Å². The second-order valence-electron chi connectivity index (χ2n) is 4.29. The second-order valence-corrected chi connectivity index (χ2v) is 4.29. The normalized spacial score (nSPS) is 21.2. The van der Waals surface area contributed by atoms with Crippen LogP contribution in [0.15, 0.2) is 24.3 Å². The molecule has 0 aromatic heterocycles.